The van der Waals surface area contributed by atoms with E-state index in [2.05, 4.69) is 14.7 Å². The molecule has 0 aliphatic rings. The third kappa shape index (κ3) is 2.10. The van der Waals surface area contributed by atoms with Gasteiger partial charge in [0, 0.05) is 11.8 Å². The molecular weight excluding hydrogens is 179 g/mol. The first kappa shape index (κ1) is 10.7. The average Bonchev–Trinajstić information content (AvgIpc) is 2.17. The minimum absolute atomic E-state index is 0.0821. The Morgan fingerprint density at radius 3 is 2.71 bits per heavy atom. The molecule has 0 aliphatic heterocycles. The fourth-order valence-corrected chi connectivity index (χ4v) is 0.937. The number of hydrogen-bond acceptors (Lipinski definition) is 4. The fourth-order valence-electron chi connectivity index (χ4n) is 0.937. The Hall–Kier alpha value is -1.39. The molecule has 0 aromatic carbocycles. The highest BCUT2D eigenvalue weighted by Crippen LogP contribution is 2.09. The maximum Gasteiger partial charge on any atom is 0.357 e. The Labute approximate surface area is 84.1 Å². The lowest BCUT2D eigenvalue weighted by molar-refractivity contribution is 0.0595. The number of methoxy groups -OCH3 is 1. The van der Waals surface area contributed by atoms with Crippen molar-refractivity contribution in [2.75, 3.05) is 7.11 Å². The summed E-state index contributed by atoms with van der Waals surface area (Å²) in [5.74, 6) is -0.357. The molecule has 2 radical (unpaired) electrons. The van der Waals surface area contributed by atoms with E-state index in [-0.39, 0.29) is 17.2 Å². The first-order chi connectivity index (χ1) is 6.56. The van der Waals surface area contributed by atoms with Gasteiger partial charge in [0.15, 0.2) is 5.69 Å². The molecule has 72 valence electrons. The lowest BCUT2D eigenvalue weighted by Crippen LogP contribution is -2.23. The molecule has 0 spiro atoms. The van der Waals surface area contributed by atoms with Crippen LogP contribution in [0.1, 0.15) is 35.9 Å². The second-order valence-corrected chi connectivity index (χ2v) is 3.17. The quantitative estimate of drug-likeness (QED) is 0.493. The highest BCUT2D eigenvalue weighted by Gasteiger charge is 2.13. The minimum atomic E-state index is -0.558. The van der Waals surface area contributed by atoms with Gasteiger partial charge < -0.3 is 4.74 Å². The third-order valence-electron chi connectivity index (χ3n) is 1.79. The predicted molar refractivity (Wildman–Crippen MR) is 52.8 cm³/mol. The standard InChI is InChI=1S/C9H11BN2O2/c1-5(2)6-4-11-8(10)7(12-6)9(13)14-3/h4-5H,1-3H3. The van der Waals surface area contributed by atoms with Gasteiger partial charge in [-0.25, -0.2) is 9.78 Å². The molecule has 0 amide bonds. The van der Waals surface area contributed by atoms with Gasteiger partial charge in [0.1, 0.15) is 7.85 Å². The van der Waals surface area contributed by atoms with Crippen LogP contribution in [-0.2, 0) is 4.74 Å². The average molecular weight is 190 g/mol. The van der Waals surface area contributed by atoms with Crippen LogP contribution in [-0.4, -0.2) is 30.9 Å². The number of carbonyl (C=O) groups is 1. The van der Waals surface area contributed by atoms with Gasteiger partial charge in [-0.15, -0.1) is 0 Å². The topological polar surface area (TPSA) is 52.1 Å². The van der Waals surface area contributed by atoms with Crippen LogP contribution < -0.4 is 5.59 Å². The molecule has 0 fully saturated rings. The third-order valence-corrected chi connectivity index (χ3v) is 1.79. The van der Waals surface area contributed by atoms with E-state index in [1.54, 1.807) is 6.20 Å². The van der Waals surface area contributed by atoms with E-state index in [9.17, 15) is 4.79 Å². The summed E-state index contributed by atoms with van der Waals surface area (Å²) in [6.45, 7) is 3.92. The molecule has 0 unspecified atom stereocenters. The number of nitrogens with zero attached hydrogens (tertiary/aromatic N) is 2. The van der Waals surface area contributed by atoms with Crippen molar-refractivity contribution in [3.8, 4) is 0 Å². The van der Waals surface area contributed by atoms with E-state index in [0.29, 0.717) is 0 Å². The van der Waals surface area contributed by atoms with Crippen LogP contribution in [0.4, 0.5) is 0 Å². The summed E-state index contributed by atoms with van der Waals surface area (Å²) < 4.78 is 4.53. The van der Waals surface area contributed by atoms with Gasteiger partial charge in [-0.2, -0.15) is 0 Å². The number of rotatable bonds is 2. The lowest BCUT2D eigenvalue weighted by atomic mass is 10.0. The van der Waals surface area contributed by atoms with Crippen LogP contribution in [0, 0.1) is 0 Å². The molecule has 0 saturated carbocycles. The summed E-state index contributed by atoms with van der Waals surface area (Å²) in [5.41, 5.74) is 0.902. The zero-order valence-electron chi connectivity index (χ0n) is 8.44. The highest BCUT2D eigenvalue weighted by atomic mass is 16.5. The van der Waals surface area contributed by atoms with Crippen molar-refractivity contribution >= 4 is 19.4 Å². The molecular formula is C9H11BN2O2. The van der Waals surface area contributed by atoms with E-state index >= 15 is 0 Å². The lowest BCUT2D eigenvalue weighted by Gasteiger charge is -2.07. The van der Waals surface area contributed by atoms with Crippen molar-refractivity contribution in [3.05, 3.63) is 17.6 Å². The summed E-state index contributed by atoms with van der Waals surface area (Å²) >= 11 is 0. The van der Waals surface area contributed by atoms with Crippen LogP contribution in [0.5, 0.6) is 0 Å². The molecule has 5 heteroatoms. The Balaban J connectivity index is 3.15. The van der Waals surface area contributed by atoms with Crippen LogP contribution >= 0.6 is 0 Å². The maximum absolute atomic E-state index is 11.2. The van der Waals surface area contributed by atoms with Crippen molar-refractivity contribution in [1.82, 2.24) is 9.97 Å². The van der Waals surface area contributed by atoms with Crippen molar-refractivity contribution < 1.29 is 9.53 Å². The molecule has 0 N–H and O–H groups in total. The summed E-state index contributed by atoms with van der Waals surface area (Å²) in [6, 6.07) is 0. The number of aromatic nitrogens is 2. The van der Waals surface area contributed by atoms with Crippen LogP contribution in [0.25, 0.3) is 0 Å². The Kier molecular flexibility index (Phi) is 3.22. The van der Waals surface area contributed by atoms with Crippen LogP contribution in [0.15, 0.2) is 6.20 Å². The van der Waals surface area contributed by atoms with Gasteiger partial charge in [-0.1, -0.05) is 13.8 Å². The molecule has 0 saturated heterocycles. The first-order valence-corrected chi connectivity index (χ1v) is 4.27. The predicted octanol–water partition coefficient (Wildman–Crippen LogP) is 0.180. The van der Waals surface area contributed by atoms with Gasteiger partial charge in [0.25, 0.3) is 0 Å². The second-order valence-electron chi connectivity index (χ2n) is 3.17. The molecule has 1 rings (SSSR count). The van der Waals surface area contributed by atoms with Crippen LogP contribution in [0.3, 0.4) is 0 Å². The summed E-state index contributed by atoms with van der Waals surface area (Å²) in [6.07, 6.45) is 1.56. The molecule has 1 aromatic heterocycles. The molecule has 1 aromatic rings. The second kappa shape index (κ2) is 4.22. The summed E-state index contributed by atoms with van der Waals surface area (Å²) in [5, 5.41) is 0. The minimum Gasteiger partial charge on any atom is -0.464 e. The van der Waals surface area contributed by atoms with E-state index in [1.807, 2.05) is 13.8 Å². The SMILES string of the molecule is [B]c1ncc(C(C)C)nc1C(=O)OC. The van der Waals surface area contributed by atoms with Gasteiger partial charge in [-0.05, 0) is 5.92 Å². The van der Waals surface area contributed by atoms with Crippen molar-refractivity contribution in [2.24, 2.45) is 0 Å². The number of ether oxygens (including phenoxy) is 1. The van der Waals surface area contributed by atoms with E-state index in [4.69, 9.17) is 7.85 Å². The number of esters is 1. The maximum atomic E-state index is 11.2. The smallest absolute Gasteiger partial charge is 0.357 e. The van der Waals surface area contributed by atoms with Gasteiger partial charge in [0.05, 0.1) is 12.8 Å². The van der Waals surface area contributed by atoms with Crippen molar-refractivity contribution in [2.45, 2.75) is 19.8 Å². The van der Waals surface area contributed by atoms with E-state index < -0.39 is 5.97 Å². The van der Waals surface area contributed by atoms with E-state index in [0.717, 1.165) is 5.69 Å². The number of hydrogen-bond donors (Lipinski definition) is 0. The molecule has 0 atom stereocenters. The summed E-state index contributed by atoms with van der Waals surface area (Å²) in [7, 11) is 6.77. The van der Waals surface area contributed by atoms with Crippen molar-refractivity contribution in [1.29, 1.82) is 0 Å². The Bertz CT molecular complexity index is 353. The summed E-state index contributed by atoms with van der Waals surface area (Å²) in [4.78, 5) is 19.2. The zero-order valence-corrected chi connectivity index (χ0v) is 8.44. The largest absolute Gasteiger partial charge is 0.464 e. The molecule has 14 heavy (non-hydrogen) atoms. The molecule has 1 heterocycles. The molecule has 0 aliphatic carbocycles. The normalized spacial score (nSPS) is 10.3. The zero-order chi connectivity index (χ0) is 10.7. The Morgan fingerprint density at radius 2 is 2.21 bits per heavy atom. The van der Waals surface area contributed by atoms with Gasteiger partial charge in [-0.3, -0.25) is 4.98 Å². The Morgan fingerprint density at radius 1 is 1.57 bits per heavy atom. The fraction of sp³-hybridized carbons (Fsp3) is 0.444. The van der Waals surface area contributed by atoms with E-state index in [1.165, 1.54) is 7.11 Å². The first-order valence-electron chi connectivity index (χ1n) is 4.27. The molecule has 0 bridgehead atoms. The monoisotopic (exact) mass is 190 g/mol. The van der Waals surface area contributed by atoms with Crippen LogP contribution in [0.2, 0.25) is 0 Å². The van der Waals surface area contributed by atoms with Gasteiger partial charge in [0.2, 0.25) is 0 Å². The highest BCUT2D eigenvalue weighted by molar-refractivity contribution is 6.34. The van der Waals surface area contributed by atoms with Gasteiger partial charge >= 0.3 is 5.97 Å². The molecule has 4 nitrogen and oxygen atoms in total. The number of carbonyl (C=O) groups excluding carboxylic acids is 1. The van der Waals surface area contributed by atoms with Crippen molar-refractivity contribution in [3.63, 3.8) is 0 Å².